The third kappa shape index (κ3) is 7.93. The van der Waals surface area contributed by atoms with Gasteiger partial charge in [-0.2, -0.15) is 0 Å². The molecule has 0 N–H and O–H groups in total. The molecule has 0 aromatic heterocycles. The zero-order valence-corrected chi connectivity index (χ0v) is 22.7. The average Bonchev–Trinajstić information content (AvgIpc) is 3.31. The maximum absolute atomic E-state index is 12.5. The van der Waals surface area contributed by atoms with Crippen LogP contribution in [0.15, 0.2) is 78.9 Å². The molecule has 3 aromatic carbocycles. The fourth-order valence-corrected chi connectivity index (χ4v) is 4.28. The summed E-state index contributed by atoms with van der Waals surface area (Å²) in [5, 5.41) is 11.0. The van der Waals surface area contributed by atoms with Crippen molar-refractivity contribution in [3.05, 3.63) is 95.6 Å². The third-order valence-corrected chi connectivity index (χ3v) is 6.22. The zero-order chi connectivity index (χ0) is 24.6. The van der Waals surface area contributed by atoms with Gasteiger partial charge in [0.15, 0.2) is 5.78 Å². The second-order valence-corrected chi connectivity index (χ2v) is 8.79. The van der Waals surface area contributed by atoms with Crippen molar-refractivity contribution in [3.63, 3.8) is 0 Å². The van der Waals surface area contributed by atoms with Crippen molar-refractivity contribution in [3.8, 4) is 11.5 Å². The first-order valence-corrected chi connectivity index (χ1v) is 11.8. The minimum absolute atomic E-state index is 0. The van der Waals surface area contributed by atoms with E-state index in [4.69, 9.17) is 14.2 Å². The van der Waals surface area contributed by atoms with Gasteiger partial charge in [-0.25, -0.2) is 0 Å². The zero-order valence-electron chi connectivity index (χ0n) is 20.7. The molecular weight excluding hydrogens is 467 g/mol. The third-order valence-electron chi connectivity index (χ3n) is 6.22. The van der Waals surface area contributed by atoms with Gasteiger partial charge in [0.25, 0.3) is 0 Å². The number of ether oxygens (including phenoxy) is 3. The van der Waals surface area contributed by atoms with Crippen molar-refractivity contribution in [1.29, 1.82) is 0 Å². The minimum atomic E-state index is -1.22. The van der Waals surface area contributed by atoms with Crippen LogP contribution < -0.4 is 44.1 Å². The molecule has 1 aliphatic carbocycles. The fourth-order valence-electron chi connectivity index (χ4n) is 4.28. The molecule has 36 heavy (non-hydrogen) atoms. The number of hydrogen-bond acceptors (Lipinski definition) is 6. The molecule has 0 bridgehead atoms. The summed E-state index contributed by atoms with van der Waals surface area (Å²) >= 11 is 0. The van der Waals surface area contributed by atoms with Gasteiger partial charge >= 0.3 is 29.6 Å². The number of rotatable bonds is 11. The number of carbonyl (C=O) groups excluding carboxylic acids is 2. The van der Waals surface area contributed by atoms with Crippen LogP contribution in [0.3, 0.4) is 0 Å². The molecule has 3 atom stereocenters. The molecule has 0 spiro atoms. The number of ketones is 1. The number of hydrogen-bond donors (Lipinski definition) is 0. The first kappa shape index (κ1) is 27.9. The summed E-state index contributed by atoms with van der Waals surface area (Å²) < 4.78 is 17.2. The first-order valence-electron chi connectivity index (χ1n) is 11.8. The summed E-state index contributed by atoms with van der Waals surface area (Å²) in [6.07, 6.45) is 2.30. The Morgan fingerprint density at radius 1 is 0.833 bits per heavy atom. The van der Waals surface area contributed by atoms with E-state index in [0.717, 1.165) is 41.9 Å². The van der Waals surface area contributed by atoms with Gasteiger partial charge in [-0.05, 0) is 60.4 Å². The normalized spacial score (nSPS) is 17.6. The SMILES string of the molecule is CO[C@@H](Cc1ccc(OC2CCC(Oc3ccc(C(=O)Cc4ccccc4)cc3)C2)cc1)C(=O)[O-].[Na+]. The number of Topliss-reactive ketones (excluding diaryl/α,β-unsaturated/α-hetero) is 1. The molecule has 0 aliphatic heterocycles. The Labute approximate surface area is 233 Å². The molecule has 182 valence electrons. The van der Waals surface area contributed by atoms with Crippen LogP contribution in [0.2, 0.25) is 0 Å². The van der Waals surface area contributed by atoms with Crippen LogP contribution in [0, 0.1) is 0 Å². The summed E-state index contributed by atoms with van der Waals surface area (Å²) in [7, 11) is 1.36. The summed E-state index contributed by atoms with van der Waals surface area (Å²) in [6.45, 7) is 0. The molecule has 0 saturated heterocycles. The first-order chi connectivity index (χ1) is 17.0. The number of carboxylic acids is 1. The van der Waals surface area contributed by atoms with Crippen molar-refractivity contribution in [2.45, 2.75) is 50.4 Å². The number of benzene rings is 3. The van der Waals surface area contributed by atoms with Crippen molar-refractivity contribution < 1.29 is 58.5 Å². The Morgan fingerprint density at radius 2 is 1.39 bits per heavy atom. The predicted molar refractivity (Wildman–Crippen MR) is 130 cm³/mol. The minimum Gasteiger partial charge on any atom is -0.547 e. The topological polar surface area (TPSA) is 84.9 Å². The van der Waals surface area contributed by atoms with Gasteiger partial charge in [-0.1, -0.05) is 42.5 Å². The van der Waals surface area contributed by atoms with E-state index in [1.165, 1.54) is 7.11 Å². The van der Waals surface area contributed by atoms with Crippen LogP contribution >= 0.6 is 0 Å². The van der Waals surface area contributed by atoms with Gasteiger partial charge in [0.1, 0.15) is 29.8 Å². The smallest absolute Gasteiger partial charge is 0.547 e. The van der Waals surface area contributed by atoms with E-state index in [1.807, 2.05) is 78.9 Å². The van der Waals surface area contributed by atoms with E-state index < -0.39 is 12.1 Å². The van der Waals surface area contributed by atoms with Gasteiger partial charge in [0.2, 0.25) is 0 Å². The largest absolute Gasteiger partial charge is 1.00 e. The summed E-state index contributed by atoms with van der Waals surface area (Å²) in [5.41, 5.74) is 2.52. The van der Waals surface area contributed by atoms with Crippen LogP contribution in [0.1, 0.15) is 40.7 Å². The second kappa shape index (κ2) is 13.6. The molecule has 0 radical (unpaired) electrons. The average molecular weight is 497 g/mol. The molecule has 1 saturated carbocycles. The number of carboxylic acid groups (broad SMARTS) is 1. The maximum atomic E-state index is 12.5. The van der Waals surface area contributed by atoms with E-state index in [2.05, 4.69) is 0 Å². The van der Waals surface area contributed by atoms with Crippen molar-refractivity contribution >= 4 is 11.8 Å². The summed E-state index contributed by atoms with van der Waals surface area (Å²) in [4.78, 5) is 23.5. The maximum Gasteiger partial charge on any atom is 1.00 e. The number of carbonyl (C=O) groups is 2. The Morgan fingerprint density at radius 3 is 1.92 bits per heavy atom. The standard InChI is InChI=1S/C29H30O6.Na/c1-33-28(29(31)32)18-21-7-11-23(12-8-21)34-25-15-16-26(19-25)35-24-13-9-22(10-14-24)27(30)17-20-5-3-2-4-6-20;/h2-14,25-26,28H,15-19H2,1H3,(H,31,32);/q;+1/p-1/t25?,26?,28-;/m0./s1. The molecule has 0 amide bonds. The van der Waals surface area contributed by atoms with Crippen molar-refractivity contribution in [2.75, 3.05) is 7.11 Å². The van der Waals surface area contributed by atoms with Crippen LogP contribution in [0.5, 0.6) is 11.5 Å². The van der Waals surface area contributed by atoms with Gasteiger partial charge in [0.05, 0.1) is 5.97 Å². The Kier molecular flexibility index (Phi) is 10.6. The van der Waals surface area contributed by atoms with Crippen LogP contribution in [0.4, 0.5) is 0 Å². The van der Waals surface area contributed by atoms with Crippen molar-refractivity contribution in [2.24, 2.45) is 0 Å². The van der Waals surface area contributed by atoms with E-state index in [9.17, 15) is 14.7 Å². The Balaban J connectivity index is 0.00000361. The second-order valence-electron chi connectivity index (χ2n) is 8.79. The Hall–Kier alpha value is -2.64. The van der Waals surface area contributed by atoms with Crippen molar-refractivity contribution in [1.82, 2.24) is 0 Å². The van der Waals surface area contributed by atoms with Gasteiger partial charge in [0, 0.05) is 31.9 Å². The molecule has 7 heteroatoms. The van der Waals surface area contributed by atoms with Crippen LogP contribution in [0.25, 0.3) is 0 Å². The molecule has 2 unspecified atom stereocenters. The number of aliphatic carboxylic acids is 1. The molecular formula is C29H29NaO6. The molecule has 1 aliphatic rings. The molecule has 0 heterocycles. The van der Waals surface area contributed by atoms with E-state index in [1.54, 1.807) is 0 Å². The van der Waals surface area contributed by atoms with E-state index in [0.29, 0.717) is 12.0 Å². The van der Waals surface area contributed by atoms with E-state index in [-0.39, 0.29) is 54.0 Å². The number of methoxy groups -OCH3 is 1. The predicted octanol–water partition coefficient (Wildman–Crippen LogP) is 0.802. The van der Waals surface area contributed by atoms with Gasteiger partial charge in [-0.3, -0.25) is 4.79 Å². The molecule has 6 nitrogen and oxygen atoms in total. The summed E-state index contributed by atoms with van der Waals surface area (Å²) in [6, 6.07) is 24.4. The van der Waals surface area contributed by atoms with E-state index >= 15 is 0 Å². The molecule has 1 fully saturated rings. The quantitative estimate of drug-likeness (QED) is 0.289. The van der Waals surface area contributed by atoms with Crippen LogP contribution in [-0.2, 0) is 22.4 Å². The Bertz CT molecular complexity index is 1110. The molecule has 3 aromatic rings. The fraction of sp³-hybridized carbons (Fsp3) is 0.310. The van der Waals surface area contributed by atoms with Crippen LogP contribution in [-0.4, -0.2) is 37.2 Å². The van der Waals surface area contributed by atoms with Gasteiger partial charge in [-0.15, -0.1) is 0 Å². The monoisotopic (exact) mass is 496 g/mol. The van der Waals surface area contributed by atoms with Gasteiger partial charge < -0.3 is 24.1 Å². The summed E-state index contributed by atoms with van der Waals surface area (Å²) in [5.74, 6) is 0.346. The molecule has 4 rings (SSSR count).